The molecular weight excluding hydrogens is 1130 g/mol. The number of allylic oxidation sites excluding steroid dienone is 3. The molecule has 1 unspecified atom stereocenters. The highest BCUT2D eigenvalue weighted by atomic mass is 35.5. The van der Waals surface area contributed by atoms with Crippen LogP contribution in [0.1, 0.15) is 115 Å². The number of hydrogen-bond donors (Lipinski definition) is 7. The first kappa shape index (κ1) is 66.5. The minimum Gasteiger partial charge on any atom is -0.495 e. The van der Waals surface area contributed by atoms with E-state index in [1.165, 1.54) is 69.3 Å². The largest absolute Gasteiger partial charge is 0.495 e. The highest BCUT2D eigenvalue weighted by molar-refractivity contribution is 6.35. The molecule has 85 heavy (non-hydrogen) atoms. The van der Waals surface area contributed by atoms with Crippen LogP contribution in [0.25, 0.3) is 0 Å². The van der Waals surface area contributed by atoms with Crippen LogP contribution in [0.5, 0.6) is 5.75 Å². The molecule has 0 saturated carbocycles. The Kier molecular flexibility index (Phi) is 23.1. The second kappa shape index (κ2) is 29.5. The monoisotopic (exact) mass is 1210 g/mol. The molecule has 2 aromatic carbocycles. The Morgan fingerprint density at radius 3 is 2.34 bits per heavy atom. The molecule has 0 spiro atoms. The SMILES string of the molecule is COc1cc2cc(c1Cl)N(C)C(=O)C[C@H](OC(=O)[C@H](C)N(C)C(=O)c1ccc(NC(=O)[C@H](CCCNC(N)=O)NC(=O)CNC(=O)CCCCCN3C(=O)CC(C(C)C)C3=O)cc1)[C@]1(C)O[C@H]1C[C@@H]1C[C@@](O)(NC(=O)O1)[C@H](OC)/C=C/C=C(\C)C2. The average Bonchev–Trinajstić information content (AvgIpc) is 1.70. The van der Waals surface area contributed by atoms with Gasteiger partial charge in [-0.05, 0) is 101 Å². The van der Waals surface area contributed by atoms with Gasteiger partial charge in [-0.2, -0.15) is 0 Å². The Balaban J connectivity index is 1.09. The Bertz CT molecular complexity index is 2900. The number of methoxy groups -OCH3 is 2. The summed E-state index contributed by atoms with van der Waals surface area (Å²) < 4.78 is 29.2. The number of unbranched alkanes of at least 4 members (excludes halogenated alkanes) is 2. The van der Waals surface area contributed by atoms with Gasteiger partial charge in [0.15, 0.2) is 5.72 Å². The minimum atomic E-state index is -1.89. The molecule has 10 amide bonds. The van der Waals surface area contributed by atoms with Crippen LogP contribution in [0.2, 0.25) is 5.02 Å². The van der Waals surface area contributed by atoms with E-state index < -0.39 is 108 Å². The molecule has 25 nitrogen and oxygen atoms in total. The van der Waals surface area contributed by atoms with Crippen LogP contribution in [0, 0.1) is 11.8 Å². The second-order valence-corrected chi connectivity index (χ2v) is 22.9. The maximum atomic E-state index is 14.4. The summed E-state index contributed by atoms with van der Waals surface area (Å²) in [6.45, 7) is 8.72. The van der Waals surface area contributed by atoms with Crippen LogP contribution in [0.15, 0.2) is 60.2 Å². The molecule has 26 heteroatoms. The fourth-order valence-corrected chi connectivity index (χ4v) is 10.8. The van der Waals surface area contributed by atoms with Crippen LogP contribution in [0.4, 0.5) is 21.0 Å². The molecule has 0 radical (unpaired) electrons. The van der Waals surface area contributed by atoms with Crippen LogP contribution >= 0.6 is 11.6 Å². The van der Waals surface area contributed by atoms with Gasteiger partial charge in [0, 0.05) is 77.1 Å². The number of likely N-dealkylation sites (tertiary alicyclic amines) is 1. The van der Waals surface area contributed by atoms with Crippen molar-refractivity contribution in [1.29, 1.82) is 0 Å². The number of hydrogen-bond acceptors (Lipinski definition) is 16. The first-order valence-corrected chi connectivity index (χ1v) is 28.8. The molecule has 4 aliphatic rings. The molecular formula is C59H80ClN9O16. The zero-order valence-electron chi connectivity index (χ0n) is 49.6. The number of nitrogens with two attached hydrogens (primary N) is 1. The van der Waals surface area contributed by atoms with Crippen molar-refractivity contribution in [3.05, 3.63) is 76.3 Å². The number of rotatable bonds is 22. The maximum absolute atomic E-state index is 14.4. The van der Waals surface area contributed by atoms with Gasteiger partial charge < -0.3 is 65.6 Å². The highest BCUT2D eigenvalue weighted by Crippen LogP contribution is 2.47. The van der Waals surface area contributed by atoms with Crippen molar-refractivity contribution in [3.8, 4) is 5.75 Å². The van der Waals surface area contributed by atoms with Gasteiger partial charge in [-0.25, -0.2) is 14.4 Å². The number of likely N-dealkylation sites (N-methyl/N-ethyl adjacent to an activating group) is 1. The van der Waals surface area contributed by atoms with E-state index in [-0.39, 0.29) is 91.5 Å². The van der Waals surface area contributed by atoms with Crippen molar-refractivity contribution in [2.45, 2.75) is 153 Å². The smallest absolute Gasteiger partial charge is 0.409 e. The number of halogens is 1. The molecule has 9 atom stereocenters. The first-order chi connectivity index (χ1) is 40.2. The van der Waals surface area contributed by atoms with Gasteiger partial charge in [0.2, 0.25) is 35.4 Å². The summed E-state index contributed by atoms with van der Waals surface area (Å²) >= 11 is 6.82. The average molecular weight is 1210 g/mol. The summed E-state index contributed by atoms with van der Waals surface area (Å²) in [4.78, 5) is 135. The van der Waals surface area contributed by atoms with Gasteiger partial charge in [0.1, 0.15) is 46.8 Å². The number of anilines is 2. The summed E-state index contributed by atoms with van der Waals surface area (Å²) in [5.41, 5.74) is 4.25. The lowest BCUT2D eigenvalue weighted by Gasteiger charge is -2.40. The highest BCUT2D eigenvalue weighted by Gasteiger charge is 2.62. The number of fused-ring (bicyclic) bond motifs is 5. The fraction of sp³-hybridized carbons (Fsp3) is 0.559. The van der Waals surface area contributed by atoms with Crippen molar-refractivity contribution >= 4 is 82.4 Å². The Labute approximate surface area is 499 Å². The number of benzene rings is 2. The number of nitrogens with zero attached hydrogens (tertiary/aromatic N) is 3. The van der Waals surface area contributed by atoms with Gasteiger partial charge in [-0.1, -0.05) is 55.7 Å². The van der Waals surface area contributed by atoms with Crippen LogP contribution in [-0.2, 0) is 58.9 Å². The van der Waals surface area contributed by atoms with E-state index in [1.807, 2.05) is 26.8 Å². The van der Waals surface area contributed by atoms with Crippen LogP contribution in [0.3, 0.4) is 0 Å². The van der Waals surface area contributed by atoms with E-state index in [0.29, 0.717) is 37.1 Å². The van der Waals surface area contributed by atoms with E-state index in [9.17, 15) is 53.1 Å². The van der Waals surface area contributed by atoms with Gasteiger partial charge >= 0.3 is 18.1 Å². The number of nitrogens with one attached hydrogen (secondary N) is 5. The van der Waals surface area contributed by atoms with E-state index in [1.54, 1.807) is 31.2 Å². The first-order valence-electron chi connectivity index (χ1n) is 28.4. The van der Waals surface area contributed by atoms with Gasteiger partial charge in [0.25, 0.3) is 5.91 Å². The number of epoxide rings is 1. The van der Waals surface area contributed by atoms with Crippen molar-refractivity contribution in [2.75, 3.05) is 58.2 Å². The third-order valence-corrected chi connectivity index (χ3v) is 16.2. The number of ether oxygens (including phenoxy) is 5. The molecule has 4 aliphatic heterocycles. The van der Waals surface area contributed by atoms with Crippen molar-refractivity contribution in [1.82, 2.24) is 31.1 Å². The van der Waals surface area contributed by atoms with Crippen molar-refractivity contribution in [2.24, 2.45) is 17.6 Å². The number of carbonyl (C=O) groups excluding carboxylic acids is 10. The summed E-state index contributed by atoms with van der Waals surface area (Å²) in [5.74, 6) is -4.06. The Hall–Kier alpha value is -7.61. The number of amides is 10. The topological polar surface area (TPSA) is 336 Å². The van der Waals surface area contributed by atoms with Crippen molar-refractivity contribution in [3.63, 3.8) is 0 Å². The molecule has 464 valence electrons. The van der Waals surface area contributed by atoms with E-state index in [2.05, 4.69) is 26.6 Å². The quantitative estimate of drug-likeness (QED) is 0.0377. The molecule has 6 rings (SSSR count). The minimum absolute atomic E-state index is 0.0291. The molecule has 4 heterocycles. The van der Waals surface area contributed by atoms with Gasteiger partial charge in [-0.3, -0.25) is 43.8 Å². The third kappa shape index (κ3) is 17.5. The van der Waals surface area contributed by atoms with E-state index in [4.69, 9.17) is 41.0 Å². The van der Waals surface area contributed by atoms with Gasteiger partial charge in [-0.15, -0.1) is 0 Å². The van der Waals surface area contributed by atoms with Crippen LogP contribution < -0.4 is 42.0 Å². The number of primary amides is 1. The molecule has 0 aromatic heterocycles. The van der Waals surface area contributed by atoms with E-state index in [0.717, 1.165) is 16.0 Å². The molecule has 3 saturated heterocycles. The fourth-order valence-electron chi connectivity index (χ4n) is 10.4. The lowest BCUT2D eigenvalue weighted by molar-refractivity contribution is -0.158. The number of carbonyl (C=O) groups is 10. The number of aliphatic hydroxyl groups is 1. The summed E-state index contributed by atoms with van der Waals surface area (Å²) in [7, 11) is 5.75. The molecule has 0 aliphatic carbocycles. The van der Waals surface area contributed by atoms with Gasteiger partial charge in [0.05, 0.1) is 31.9 Å². The zero-order valence-corrected chi connectivity index (χ0v) is 50.3. The number of alkyl carbamates (subject to hydrolysis) is 1. The Morgan fingerprint density at radius 2 is 1.68 bits per heavy atom. The second-order valence-electron chi connectivity index (χ2n) is 22.5. The predicted octanol–water partition coefficient (Wildman–Crippen LogP) is 4.16. The number of urea groups is 1. The summed E-state index contributed by atoms with van der Waals surface area (Å²) in [6, 6.07) is 6.05. The molecule has 2 aromatic rings. The molecule has 3 fully saturated rings. The summed E-state index contributed by atoms with van der Waals surface area (Å²) in [5, 5.41) is 24.7. The predicted molar refractivity (Wildman–Crippen MR) is 311 cm³/mol. The zero-order chi connectivity index (χ0) is 62.5. The van der Waals surface area contributed by atoms with E-state index >= 15 is 0 Å². The third-order valence-electron chi connectivity index (χ3n) is 15.8. The standard InChI is InChI=1S/C59H80ClN9O16/c1-33(2)40-29-50(73)69(54(40)76)24-12-10-11-18-47(70)63-32-48(71)65-41(16-14-23-62-56(61)78)52(74)64-38-21-19-37(20-22-38)53(75)67(6)35(4)55(77)84-45-30-49(72)68(7)42-26-36(27-43(81-8)51(42)60)25-34(3)15-13-17-44(82-9)59(80)31-39(83-57(79)66-59)28-46-58(45,5)85-46/h13,15,17,19-22,26-27,33,35,39-41,44-46,80H,10-12,14,16,18,23-25,28-32H2,1-9H3,(H,63,70)(H,64,74)(H,65,71)(H,66,79)(H3,61,62,78)/b17-13+,34-15+/t35-,39+,40?,41-,44+,45-,46-,58-,59-/m0/s1. The lowest BCUT2D eigenvalue weighted by Crippen LogP contribution is -2.62. The number of esters is 1. The molecule has 4 bridgehead atoms. The van der Waals surface area contributed by atoms with Crippen molar-refractivity contribution < 1.29 is 76.7 Å². The summed E-state index contributed by atoms with van der Waals surface area (Å²) in [6.07, 6.45) is 2.30. The van der Waals surface area contributed by atoms with Crippen LogP contribution in [-0.4, -0.2) is 170 Å². The maximum Gasteiger partial charge on any atom is 0.409 e. The molecule has 8 N–H and O–H groups in total. The Morgan fingerprint density at radius 1 is 0.965 bits per heavy atom. The number of imide groups is 1. The lowest BCUT2D eigenvalue weighted by atomic mass is 9.90. The normalized spacial score (nSPS) is 25.0.